The molecule has 2 saturated carbocycles. The van der Waals surface area contributed by atoms with Gasteiger partial charge in [-0.3, -0.25) is 0 Å². The van der Waals surface area contributed by atoms with Crippen LogP contribution < -0.4 is 0 Å². The molecule has 0 spiro atoms. The minimum absolute atomic E-state index is 0.382. The van der Waals surface area contributed by atoms with Crippen LogP contribution in [0.15, 0.2) is 0 Å². The molecule has 0 aromatic carbocycles. The van der Waals surface area contributed by atoms with Gasteiger partial charge in [-0.05, 0) is 42.9 Å². The van der Waals surface area contributed by atoms with Gasteiger partial charge in [0.25, 0.3) is 0 Å². The third-order valence-electron chi connectivity index (χ3n) is 6.20. The van der Waals surface area contributed by atoms with Crippen molar-refractivity contribution in [3.63, 3.8) is 0 Å². The Morgan fingerprint density at radius 2 is 1.55 bits per heavy atom. The van der Waals surface area contributed by atoms with Crippen LogP contribution in [0.1, 0.15) is 84.5 Å². The van der Waals surface area contributed by atoms with Crippen molar-refractivity contribution in [2.45, 2.75) is 84.5 Å². The monoisotopic (exact) mass is 278 g/mol. The Kier molecular flexibility index (Phi) is 6.58. The molecule has 2 fully saturated rings. The SMILES string of the molecule is CC1CCCC(C)C1CCCCC1CCCC(C=O)C1. The van der Waals surface area contributed by atoms with Crippen LogP contribution >= 0.6 is 0 Å². The van der Waals surface area contributed by atoms with Gasteiger partial charge in [-0.25, -0.2) is 0 Å². The number of aldehydes is 1. The van der Waals surface area contributed by atoms with Crippen LogP contribution in [-0.4, -0.2) is 6.29 Å². The molecule has 0 aliphatic heterocycles. The standard InChI is InChI=1S/C19H34O/c1-15-7-5-8-16(2)19(15)12-4-3-9-17-10-6-11-18(13-17)14-20/h14-19H,3-13H2,1-2H3. The summed E-state index contributed by atoms with van der Waals surface area (Å²) in [5.41, 5.74) is 0. The predicted octanol–water partition coefficient (Wildman–Crippen LogP) is 5.62. The second-order valence-corrected chi connectivity index (χ2v) is 7.76. The Labute approximate surface area is 125 Å². The highest BCUT2D eigenvalue weighted by Gasteiger charge is 2.27. The summed E-state index contributed by atoms with van der Waals surface area (Å²) >= 11 is 0. The number of carbonyl (C=O) groups is 1. The minimum atomic E-state index is 0.382. The van der Waals surface area contributed by atoms with Gasteiger partial charge in [-0.15, -0.1) is 0 Å². The smallest absolute Gasteiger partial charge is 0.123 e. The van der Waals surface area contributed by atoms with Crippen LogP contribution in [0.25, 0.3) is 0 Å². The fraction of sp³-hybridized carbons (Fsp3) is 0.947. The number of hydrogen-bond donors (Lipinski definition) is 0. The molecule has 2 aliphatic carbocycles. The molecule has 4 atom stereocenters. The van der Waals surface area contributed by atoms with Crippen molar-refractivity contribution in [3.05, 3.63) is 0 Å². The van der Waals surface area contributed by atoms with E-state index in [2.05, 4.69) is 13.8 Å². The fourth-order valence-electron chi connectivity index (χ4n) is 4.85. The number of carbonyl (C=O) groups excluding carboxylic acids is 1. The first kappa shape index (κ1) is 16.0. The molecule has 1 nitrogen and oxygen atoms in total. The first-order valence-electron chi connectivity index (χ1n) is 9.16. The zero-order valence-corrected chi connectivity index (χ0v) is 13.7. The lowest BCUT2D eigenvalue weighted by molar-refractivity contribution is -0.112. The zero-order chi connectivity index (χ0) is 14.4. The molecule has 20 heavy (non-hydrogen) atoms. The maximum absolute atomic E-state index is 10.9. The molecule has 0 saturated heterocycles. The molecular formula is C19H34O. The van der Waals surface area contributed by atoms with E-state index >= 15 is 0 Å². The Balaban J connectivity index is 1.62. The molecule has 0 aromatic heterocycles. The Morgan fingerprint density at radius 3 is 2.25 bits per heavy atom. The lowest BCUT2D eigenvalue weighted by Crippen LogP contribution is -2.24. The Bertz CT molecular complexity index is 275. The topological polar surface area (TPSA) is 17.1 Å². The van der Waals surface area contributed by atoms with Gasteiger partial charge in [0.05, 0.1) is 0 Å². The summed E-state index contributed by atoms with van der Waals surface area (Å²) in [4.78, 5) is 10.9. The molecule has 0 radical (unpaired) electrons. The second-order valence-electron chi connectivity index (χ2n) is 7.76. The molecule has 2 rings (SSSR count). The minimum Gasteiger partial charge on any atom is -0.303 e. The van der Waals surface area contributed by atoms with E-state index in [-0.39, 0.29) is 0 Å². The summed E-state index contributed by atoms with van der Waals surface area (Å²) < 4.78 is 0. The van der Waals surface area contributed by atoms with Gasteiger partial charge in [-0.1, -0.05) is 65.2 Å². The van der Waals surface area contributed by atoms with Crippen LogP contribution in [0, 0.1) is 29.6 Å². The van der Waals surface area contributed by atoms with Gasteiger partial charge in [0, 0.05) is 5.92 Å². The van der Waals surface area contributed by atoms with E-state index in [0.29, 0.717) is 5.92 Å². The third-order valence-corrected chi connectivity index (χ3v) is 6.20. The van der Waals surface area contributed by atoms with E-state index in [1.165, 1.54) is 70.5 Å². The van der Waals surface area contributed by atoms with Gasteiger partial charge < -0.3 is 4.79 Å². The molecule has 0 heterocycles. The second kappa shape index (κ2) is 8.20. The van der Waals surface area contributed by atoms with E-state index in [1.807, 2.05) is 0 Å². The highest BCUT2D eigenvalue weighted by atomic mass is 16.1. The Morgan fingerprint density at radius 1 is 0.900 bits per heavy atom. The molecule has 116 valence electrons. The summed E-state index contributed by atoms with van der Waals surface area (Å²) in [6.07, 6.45) is 16.2. The summed E-state index contributed by atoms with van der Waals surface area (Å²) in [6, 6.07) is 0. The van der Waals surface area contributed by atoms with Crippen LogP contribution in [0.2, 0.25) is 0 Å². The Hall–Kier alpha value is -0.330. The van der Waals surface area contributed by atoms with Crippen molar-refractivity contribution >= 4 is 6.29 Å². The van der Waals surface area contributed by atoms with Gasteiger partial charge >= 0.3 is 0 Å². The predicted molar refractivity (Wildman–Crippen MR) is 85.6 cm³/mol. The van der Waals surface area contributed by atoms with Crippen LogP contribution in [0.5, 0.6) is 0 Å². The van der Waals surface area contributed by atoms with E-state index in [9.17, 15) is 4.79 Å². The average molecular weight is 278 g/mol. The van der Waals surface area contributed by atoms with E-state index < -0.39 is 0 Å². The first-order chi connectivity index (χ1) is 9.70. The molecular weight excluding hydrogens is 244 g/mol. The highest BCUT2D eigenvalue weighted by molar-refractivity contribution is 5.53. The van der Waals surface area contributed by atoms with Crippen molar-refractivity contribution in [3.8, 4) is 0 Å². The van der Waals surface area contributed by atoms with Gasteiger partial charge in [0.15, 0.2) is 0 Å². The average Bonchev–Trinajstić information content (AvgIpc) is 2.46. The largest absolute Gasteiger partial charge is 0.303 e. The lowest BCUT2D eigenvalue weighted by Gasteiger charge is -2.35. The summed E-state index contributed by atoms with van der Waals surface area (Å²) in [7, 11) is 0. The van der Waals surface area contributed by atoms with Crippen molar-refractivity contribution in [1.82, 2.24) is 0 Å². The van der Waals surface area contributed by atoms with E-state index in [4.69, 9.17) is 0 Å². The zero-order valence-electron chi connectivity index (χ0n) is 13.7. The van der Waals surface area contributed by atoms with Crippen molar-refractivity contribution < 1.29 is 4.79 Å². The maximum Gasteiger partial charge on any atom is 0.123 e. The molecule has 2 aliphatic rings. The number of hydrogen-bond acceptors (Lipinski definition) is 1. The quantitative estimate of drug-likeness (QED) is 0.455. The van der Waals surface area contributed by atoms with Crippen molar-refractivity contribution in [2.75, 3.05) is 0 Å². The molecule has 0 aromatic rings. The van der Waals surface area contributed by atoms with Crippen molar-refractivity contribution in [1.29, 1.82) is 0 Å². The number of unbranched alkanes of at least 4 members (excludes halogenated alkanes) is 1. The summed E-state index contributed by atoms with van der Waals surface area (Å²) in [6.45, 7) is 4.94. The first-order valence-corrected chi connectivity index (χ1v) is 9.16. The molecule has 0 amide bonds. The van der Waals surface area contributed by atoms with Gasteiger partial charge in [0.2, 0.25) is 0 Å². The molecule has 1 heteroatoms. The molecule has 0 bridgehead atoms. The van der Waals surface area contributed by atoms with Gasteiger partial charge in [0.1, 0.15) is 6.29 Å². The van der Waals surface area contributed by atoms with E-state index in [1.54, 1.807) is 0 Å². The maximum atomic E-state index is 10.9. The summed E-state index contributed by atoms with van der Waals surface area (Å²) in [5.74, 6) is 4.12. The van der Waals surface area contributed by atoms with Gasteiger partial charge in [-0.2, -0.15) is 0 Å². The normalized spacial score (nSPS) is 38.6. The summed E-state index contributed by atoms with van der Waals surface area (Å²) in [5, 5.41) is 0. The molecule has 0 N–H and O–H groups in total. The van der Waals surface area contributed by atoms with Crippen LogP contribution in [-0.2, 0) is 4.79 Å². The fourth-order valence-corrected chi connectivity index (χ4v) is 4.85. The molecule has 4 unspecified atom stereocenters. The third kappa shape index (κ3) is 4.60. The number of rotatable bonds is 6. The van der Waals surface area contributed by atoms with Crippen LogP contribution in [0.4, 0.5) is 0 Å². The highest BCUT2D eigenvalue weighted by Crippen LogP contribution is 2.38. The van der Waals surface area contributed by atoms with E-state index in [0.717, 1.165) is 30.1 Å². The van der Waals surface area contributed by atoms with Crippen molar-refractivity contribution in [2.24, 2.45) is 29.6 Å². The lowest BCUT2D eigenvalue weighted by atomic mass is 9.71. The van der Waals surface area contributed by atoms with Crippen LogP contribution in [0.3, 0.4) is 0 Å².